The molecule has 0 heterocycles. The van der Waals surface area contributed by atoms with Crippen LogP contribution in [0.2, 0.25) is 5.02 Å². The molecule has 0 bridgehead atoms. The molecule has 114 valence electrons. The summed E-state index contributed by atoms with van der Waals surface area (Å²) in [4.78, 5) is 0.0987. The summed E-state index contributed by atoms with van der Waals surface area (Å²) in [7, 11) is -3.60. The minimum Gasteiger partial charge on any atom is -0.320 e. The van der Waals surface area contributed by atoms with Crippen LogP contribution < -0.4 is 10.5 Å². The Morgan fingerprint density at radius 3 is 2.76 bits per heavy atom. The minimum atomic E-state index is -3.60. The highest BCUT2D eigenvalue weighted by Gasteiger charge is 2.29. The van der Waals surface area contributed by atoms with Gasteiger partial charge in [-0.05, 0) is 37.0 Å². The molecular formula is C15H19ClN2O2S. The molecule has 1 aromatic rings. The van der Waals surface area contributed by atoms with Gasteiger partial charge in [0.25, 0.3) is 0 Å². The van der Waals surface area contributed by atoms with Crippen molar-refractivity contribution in [3.05, 3.63) is 28.8 Å². The number of benzene rings is 1. The topological polar surface area (TPSA) is 72.2 Å². The summed E-state index contributed by atoms with van der Waals surface area (Å²) in [6.45, 7) is 2.31. The second-order valence-corrected chi connectivity index (χ2v) is 7.38. The smallest absolute Gasteiger partial charge is 0.242 e. The Labute approximate surface area is 131 Å². The molecule has 3 N–H and O–H groups in total. The molecule has 0 aromatic heterocycles. The Hall–Kier alpha value is -1.06. The van der Waals surface area contributed by atoms with Crippen molar-refractivity contribution in [2.45, 2.75) is 37.1 Å². The van der Waals surface area contributed by atoms with Crippen LogP contribution in [0.4, 0.5) is 0 Å². The highest BCUT2D eigenvalue weighted by molar-refractivity contribution is 7.89. The van der Waals surface area contributed by atoms with Gasteiger partial charge in [0, 0.05) is 11.6 Å². The third-order valence-corrected chi connectivity index (χ3v) is 5.70. The Morgan fingerprint density at radius 1 is 1.43 bits per heavy atom. The molecule has 1 fully saturated rings. The summed E-state index contributed by atoms with van der Waals surface area (Å²) >= 11 is 6.10. The fourth-order valence-corrected chi connectivity index (χ4v) is 4.46. The van der Waals surface area contributed by atoms with Gasteiger partial charge in [-0.15, -0.1) is 0 Å². The van der Waals surface area contributed by atoms with Crippen molar-refractivity contribution in [1.29, 1.82) is 0 Å². The maximum Gasteiger partial charge on any atom is 0.242 e. The number of sulfonamides is 1. The number of nitrogens with one attached hydrogen (secondary N) is 1. The lowest BCUT2D eigenvalue weighted by Crippen LogP contribution is -2.36. The van der Waals surface area contributed by atoms with Crippen LogP contribution in [0.5, 0.6) is 0 Å². The molecule has 1 aromatic carbocycles. The fraction of sp³-hybridized carbons (Fsp3) is 0.467. The largest absolute Gasteiger partial charge is 0.320 e. The third-order valence-electron chi connectivity index (χ3n) is 3.72. The van der Waals surface area contributed by atoms with Crippen molar-refractivity contribution in [2.75, 3.05) is 6.54 Å². The molecule has 4 nitrogen and oxygen atoms in total. The highest BCUT2D eigenvalue weighted by Crippen LogP contribution is 2.28. The van der Waals surface area contributed by atoms with E-state index in [1.54, 1.807) is 12.1 Å². The van der Waals surface area contributed by atoms with Gasteiger partial charge >= 0.3 is 0 Å². The first-order valence-electron chi connectivity index (χ1n) is 6.95. The lowest BCUT2D eigenvalue weighted by atomic mass is 10.1. The lowest BCUT2D eigenvalue weighted by Gasteiger charge is -2.18. The first-order chi connectivity index (χ1) is 9.94. The molecule has 6 heteroatoms. The van der Waals surface area contributed by atoms with Crippen LogP contribution in [0.15, 0.2) is 23.1 Å². The summed E-state index contributed by atoms with van der Waals surface area (Å²) in [6.07, 6.45) is 2.97. The van der Waals surface area contributed by atoms with Crippen molar-refractivity contribution in [2.24, 2.45) is 11.7 Å². The molecule has 0 saturated heterocycles. The van der Waals surface area contributed by atoms with E-state index < -0.39 is 10.0 Å². The maximum atomic E-state index is 12.4. The number of hydrogen-bond acceptors (Lipinski definition) is 3. The first-order valence-corrected chi connectivity index (χ1v) is 8.81. The van der Waals surface area contributed by atoms with Crippen molar-refractivity contribution < 1.29 is 8.42 Å². The zero-order chi connectivity index (χ0) is 15.5. The summed E-state index contributed by atoms with van der Waals surface area (Å²) in [5.41, 5.74) is 5.96. The molecule has 21 heavy (non-hydrogen) atoms. The first kappa shape index (κ1) is 16.3. The van der Waals surface area contributed by atoms with Gasteiger partial charge in [-0.2, -0.15) is 0 Å². The number of nitrogens with two attached hydrogens (primary N) is 1. The van der Waals surface area contributed by atoms with Gasteiger partial charge in [0.1, 0.15) is 4.90 Å². The lowest BCUT2D eigenvalue weighted by molar-refractivity contribution is 0.476. The van der Waals surface area contributed by atoms with E-state index in [9.17, 15) is 8.42 Å². The molecule has 0 spiro atoms. The van der Waals surface area contributed by atoms with Gasteiger partial charge in [0.05, 0.1) is 11.6 Å². The van der Waals surface area contributed by atoms with E-state index in [1.807, 2.05) is 0 Å². The molecule has 2 unspecified atom stereocenters. The monoisotopic (exact) mass is 326 g/mol. The highest BCUT2D eigenvalue weighted by atomic mass is 35.5. The Balaban J connectivity index is 2.24. The molecule has 1 aliphatic rings. The molecular weight excluding hydrogens is 308 g/mol. The van der Waals surface area contributed by atoms with Crippen LogP contribution in [0.3, 0.4) is 0 Å². The van der Waals surface area contributed by atoms with E-state index in [1.165, 1.54) is 6.07 Å². The summed E-state index contributed by atoms with van der Waals surface area (Å²) in [5, 5.41) is 0.178. The summed E-state index contributed by atoms with van der Waals surface area (Å²) in [6, 6.07) is 4.67. The van der Waals surface area contributed by atoms with E-state index >= 15 is 0 Å². The van der Waals surface area contributed by atoms with Gasteiger partial charge in [0.2, 0.25) is 10.0 Å². The average Bonchev–Trinajstić information content (AvgIpc) is 2.81. The maximum absolute atomic E-state index is 12.4. The average molecular weight is 327 g/mol. The molecule has 1 saturated carbocycles. The van der Waals surface area contributed by atoms with Gasteiger partial charge in [-0.3, -0.25) is 0 Å². The van der Waals surface area contributed by atoms with Crippen molar-refractivity contribution >= 4 is 21.6 Å². The van der Waals surface area contributed by atoms with E-state index in [0.717, 1.165) is 19.3 Å². The Morgan fingerprint density at radius 2 is 2.19 bits per heavy atom. The van der Waals surface area contributed by atoms with Crippen molar-refractivity contribution in [3.63, 3.8) is 0 Å². The Kier molecular flexibility index (Phi) is 5.28. The fourth-order valence-electron chi connectivity index (χ4n) is 2.53. The van der Waals surface area contributed by atoms with Gasteiger partial charge < -0.3 is 5.73 Å². The quantitative estimate of drug-likeness (QED) is 0.836. The number of halogens is 1. The van der Waals surface area contributed by atoms with Gasteiger partial charge in [0.15, 0.2) is 0 Å². The number of hydrogen-bond donors (Lipinski definition) is 2. The molecule has 0 amide bonds. The second kappa shape index (κ2) is 6.80. The SMILES string of the molecule is CC1CCCC1NS(=O)(=O)c1ccc(C#CCN)cc1Cl. The van der Waals surface area contributed by atoms with E-state index in [4.69, 9.17) is 17.3 Å². The molecule has 2 atom stereocenters. The van der Waals surface area contributed by atoms with Crippen LogP contribution >= 0.6 is 11.6 Å². The standard InChI is InChI=1S/C15H19ClN2O2S/c1-11-4-2-6-14(11)18-21(19,20)15-8-7-12(5-3-9-17)10-13(15)16/h7-8,10-11,14,18H,2,4,6,9,17H2,1H3. The predicted molar refractivity (Wildman–Crippen MR) is 84.5 cm³/mol. The van der Waals surface area contributed by atoms with Gasteiger partial charge in [-0.1, -0.05) is 36.8 Å². The van der Waals surface area contributed by atoms with Crippen LogP contribution in [-0.2, 0) is 10.0 Å². The zero-order valence-corrected chi connectivity index (χ0v) is 13.5. The van der Waals surface area contributed by atoms with Crippen LogP contribution in [-0.4, -0.2) is 21.0 Å². The second-order valence-electron chi connectivity index (χ2n) is 5.29. The summed E-state index contributed by atoms with van der Waals surface area (Å²) < 4.78 is 27.6. The van der Waals surface area contributed by atoms with Crippen LogP contribution in [0.25, 0.3) is 0 Å². The van der Waals surface area contributed by atoms with Gasteiger partial charge in [-0.25, -0.2) is 13.1 Å². The Bertz CT molecular complexity index is 677. The van der Waals surface area contributed by atoms with Crippen LogP contribution in [0, 0.1) is 17.8 Å². The molecule has 2 rings (SSSR count). The number of rotatable bonds is 3. The van der Waals surface area contributed by atoms with E-state index in [-0.39, 0.29) is 22.5 Å². The van der Waals surface area contributed by atoms with Crippen molar-refractivity contribution in [1.82, 2.24) is 4.72 Å². The molecule has 1 aliphatic carbocycles. The normalized spacial score (nSPS) is 21.9. The third kappa shape index (κ3) is 3.98. The molecule has 0 aliphatic heterocycles. The predicted octanol–water partition coefficient (Wildman–Crippen LogP) is 2.12. The summed E-state index contributed by atoms with van der Waals surface area (Å²) in [5.74, 6) is 5.89. The minimum absolute atomic E-state index is 0.0113. The zero-order valence-electron chi connectivity index (χ0n) is 11.9. The van der Waals surface area contributed by atoms with Crippen LogP contribution in [0.1, 0.15) is 31.7 Å². The molecule has 0 radical (unpaired) electrons. The van der Waals surface area contributed by atoms with E-state index in [0.29, 0.717) is 11.5 Å². The van der Waals surface area contributed by atoms with Crippen molar-refractivity contribution in [3.8, 4) is 11.8 Å². The van der Waals surface area contributed by atoms with E-state index in [2.05, 4.69) is 23.5 Å².